The summed E-state index contributed by atoms with van der Waals surface area (Å²) in [5.74, 6) is 0.638. The Morgan fingerprint density at radius 3 is 2.19 bits per heavy atom. The van der Waals surface area contributed by atoms with Gasteiger partial charge in [0.25, 0.3) is 0 Å². The second kappa shape index (κ2) is 8.92. The molecule has 0 aliphatic heterocycles. The molecule has 2 N–H and O–H groups in total. The lowest BCUT2D eigenvalue weighted by atomic mass is 9.94. The highest BCUT2D eigenvalue weighted by Crippen LogP contribution is 2.30. The predicted molar refractivity (Wildman–Crippen MR) is 96.4 cm³/mol. The molecular formula is C18H31BrN2. The smallest absolute Gasteiger partial charge is 0.0499 e. The molecule has 0 aliphatic carbocycles. The fourth-order valence-corrected chi connectivity index (χ4v) is 3.57. The topological polar surface area (TPSA) is 29.3 Å². The summed E-state index contributed by atoms with van der Waals surface area (Å²) in [6.07, 6.45) is 2.33. The van der Waals surface area contributed by atoms with Crippen molar-refractivity contribution in [1.82, 2.24) is 4.90 Å². The fourth-order valence-electron chi connectivity index (χ4n) is 3.16. The molecule has 0 spiro atoms. The molecule has 2 unspecified atom stereocenters. The number of benzene rings is 1. The third-order valence-electron chi connectivity index (χ3n) is 4.03. The van der Waals surface area contributed by atoms with E-state index in [9.17, 15) is 0 Å². The van der Waals surface area contributed by atoms with Crippen LogP contribution in [-0.4, -0.2) is 23.5 Å². The Kier molecular flexibility index (Phi) is 7.93. The van der Waals surface area contributed by atoms with Gasteiger partial charge in [-0.05, 0) is 43.4 Å². The van der Waals surface area contributed by atoms with Crippen LogP contribution in [0.5, 0.6) is 0 Å². The van der Waals surface area contributed by atoms with Crippen molar-refractivity contribution >= 4 is 15.9 Å². The molecule has 0 aliphatic rings. The van der Waals surface area contributed by atoms with E-state index >= 15 is 0 Å². The first-order valence-corrected chi connectivity index (χ1v) is 8.96. The van der Waals surface area contributed by atoms with Crippen LogP contribution in [0.4, 0.5) is 0 Å². The van der Waals surface area contributed by atoms with Crippen LogP contribution in [0.25, 0.3) is 0 Å². The Labute approximate surface area is 139 Å². The summed E-state index contributed by atoms with van der Waals surface area (Å²) < 4.78 is 1.12. The minimum absolute atomic E-state index is 0.110. The molecule has 0 saturated heterocycles. The van der Waals surface area contributed by atoms with E-state index < -0.39 is 0 Å². The summed E-state index contributed by atoms with van der Waals surface area (Å²) in [7, 11) is 0. The van der Waals surface area contributed by atoms with E-state index in [1.807, 2.05) is 0 Å². The van der Waals surface area contributed by atoms with E-state index in [4.69, 9.17) is 5.73 Å². The van der Waals surface area contributed by atoms with E-state index in [0.717, 1.165) is 11.0 Å². The number of halogens is 1. The summed E-state index contributed by atoms with van der Waals surface area (Å²) in [6.45, 7) is 12.3. The predicted octanol–water partition coefficient (Wildman–Crippen LogP) is 4.98. The summed E-state index contributed by atoms with van der Waals surface area (Å²) >= 11 is 3.59. The largest absolute Gasteiger partial charge is 0.326 e. The fraction of sp³-hybridized carbons (Fsp3) is 0.667. The Bertz CT molecular complexity index is 413. The van der Waals surface area contributed by atoms with Crippen LogP contribution >= 0.6 is 15.9 Å². The molecule has 0 aromatic heterocycles. The van der Waals surface area contributed by atoms with Crippen LogP contribution in [0, 0.1) is 5.92 Å². The third kappa shape index (κ3) is 5.39. The molecule has 2 atom stereocenters. The first kappa shape index (κ1) is 18.7. The molecule has 2 nitrogen and oxygen atoms in total. The zero-order valence-corrected chi connectivity index (χ0v) is 15.7. The highest BCUT2D eigenvalue weighted by molar-refractivity contribution is 9.10. The van der Waals surface area contributed by atoms with Crippen molar-refractivity contribution in [1.29, 1.82) is 0 Å². The zero-order chi connectivity index (χ0) is 16.0. The first-order chi connectivity index (χ1) is 9.90. The molecule has 0 heterocycles. The monoisotopic (exact) mass is 354 g/mol. The quantitative estimate of drug-likeness (QED) is 0.712. The van der Waals surface area contributed by atoms with Crippen LogP contribution in [0.1, 0.15) is 59.1 Å². The van der Waals surface area contributed by atoms with E-state index in [0.29, 0.717) is 12.0 Å². The van der Waals surface area contributed by atoms with Gasteiger partial charge < -0.3 is 5.73 Å². The van der Waals surface area contributed by atoms with Crippen molar-refractivity contribution < 1.29 is 0 Å². The van der Waals surface area contributed by atoms with Crippen LogP contribution in [-0.2, 0) is 0 Å². The lowest BCUT2D eigenvalue weighted by Crippen LogP contribution is -2.46. The van der Waals surface area contributed by atoms with Gasteiger partial charge in [-0.3, -0.25) is 4.90 Å². The van der Waals surface area contributed by atoms with Crippen LogP contribution < -0.4 is 5.73 Å². The van der Waals surface area contributed by atoms with Crippen molar-refractivity contribution in [3.8, 4) is 0 Å². The summed E-state index contributed by atoms with van der Waals surface area (Å²) in [4.78, 5) is 2.62. The first-order valence-electron chi connectivity index (χ1n) is 8.17. The minimum atomic E-state index is 0.110. The van der Waals surface area contributed by atoms with E-state index in [-0.39, 0.29) is 12.1 Å². The Hall–Kier alpha value is -0.380. The van der Waals surface area contributed by atoms with Crippen molar-refractivity contribution in [2.75, 3.05) is 6.54 Å². The molecule has 0 fully saturated rings. The molecule has 0 amide bonds. The van der Waals surface area contributed by atoms with E-state index in [1.165, 1.54) is 18.4 Å². The van der Waals surface area contributed by atoms with Gasteiger partial charge in [0.2, 0.25) is 0 Å². The lowest BCUT2D eigenvalue weighted by molar-refractivity contribution is 0.0955. The van der Waals surface area contributed by atoms with Gasteiger partial charge >= 0.3 is 0 Å². The normalized spacial score (nSPS) is 15.0. The number of hydrogen-bond acceptors (Lipinski definition) is 2. The van der Waals surface area contributed by atoms with Crippen molar-refractivity contribution in [2.45, 2.75) is 65.6 Å². The molecule has 1 aromatic rings. The highest BCUT2D eigenvalue weighted by atomic mass is 79.9. The van der Waals surface area contributed by atoms with Crippen molar-refractivity contribution in [3.05, 3.63) is 34.3 Å². The Morgan fingerprint density at radius 1 is 1.14 bits per heavy atom. The second-order valence-electron chi connectivity index (χ2n) is 6.42. The molecular weight excluding hydrogens is 324 g/mol. The number of nitrogens with zero attached hydrogens (tertiary/aromatic N) is 1. The Balaban J connectivity index is 3.18. The standard InChI is InChI=1S/C18H31BrN2/c1-6-17(7-2)21(12-13(3)4)18(14(5)20)15-9-8-10-16(19)11-15/h8-11,13-14,17-18H,6-7,12,20H2,1-5H3. The maximum absolute atomic E-state index is 6.39. The van der Waals surface area contributed by atoms with Gasteiger partial charge in [-0.1, -0.05) is 55.8 Å². The molecule has 0 radical (unpaired) electrons. The second-order valence-corrected chi connectivity index (χ2v) is 7.34. The average Bonchev–Trinajstić information content (AvgIpc) is 2.39. The SMILES string of the molecule is CCC(CC)N(CC(C)C)C(c1cccc(Br)c1)C(C)N. The maximum atomic E-state index is 6.39. The molecule has 0 bridgehead atoms. The van der Waals surface area contributed by atoms with Crippen molar-refractivity contribution in [3.63, 3.8) is 0 Å². The Morgan fingerprint density at radius 2 is 1.76 bits per heavy atom. The van der Waals surface area contributed by atoms with Crippen LogP contribution in [0.15, 0.2) is 28.7 Å². The summed E-state index contributed by atoms with van der Waals surface area (Å²) in [6, 6.07) is 9.56. The van der Waals surface area contributed by atoms with Gasteiger partial charge in [-0.15, -0.1) is 0 Å². The molecule has 1 aromatic carbocycles. The van der Waals surface area contributed by atoms with Gasteiger partial charge in [-0.2, -0.15) is 0 Å². The molecule has 1 rings (SSSR count). The lowest BCUT2D eigenvalue weighted by Gasteiger charge is -2.41. The number of rotatable bonds is 8. The highest BCUT2D eigenvalue weighted by Gasteiger charge is 2.29. The average molecular weight is 355 g/mol. The van der Waals surface area contributed by atoms with E-state index in [1.54, 1.807) is 0 Å². The minimum Gasteiger partial charge on any atom is -0.326 e. The summed E-state index contributed by atoms with van der Waals surface area (Å²) in [5, 5.41) is 0. The maximum Gasteiger partial charge on any atom is 0.0499 e. The van der Waals surface area contributed by atoms with Gasteiger partial charge in [0.1, 0.15) is 0 Å². The number of hydrogen-bond donors (Lipinski definition) is 1. The van der Waals surface area contributed by atoms with Gasteiger partial charge in [-0.25, -0.2) is 0 Å². The third-order valence-corrected chi connectivity index (χ3v) is 4.53. The van der Waals surface area contributed by atoms with Crippen molar-refractivity contribution in [2.24, 2.45) is 11.7 Å². The van der Waals surface area contributed by atoms with Gasteiger partial charge in [0, 0.05) is 29.1 Å². The molecule has 0 saturated carbocycles. The van der Waals surface area contributed by atoms with Gasteiger partial charge in [0.15, 0.2) is 0 Å². The zero-order valence-electron chi connectivity index (χ0n) is 14.1. The van der Waals surface area contributed by atoms with E-state index in [2.05, 4.69) is 79.7 Å². The van der Waals surface area contributed by atoms with Gasteiger partial charge in [0.05, 0.1) is 0 Å². The van der Waals surface area contributed by atoms with Crippen LogP contribution in [0.2, 0.25) is 0 Å². The summed E-state index contributed by atoms with van der Waals surface area (Å²) in [5.41, 5.74) is 7.70. The molecule has 21 heavy (non-hydrogen) atoms. The van der Waals surface area contributed by atoms with Crippen LogP contribution in [0.3, 0.4) is 0 Å². The number of nitrogens with two attached hydrogens (primary N) is 1. The molecule has 3 heteroatoms. The molecule has 120 valence electrons.